The summed E-state index contributed by atoms with van der Waals surface area (Å²) in [7, 11) is 0. The molecule has 0 saturated heterocycles. The Labute approximate surface area is 226 Å². The highest BCUT2D eigenvalue weighted by Crippen LogP contribution is 2.45. The zero-order valence-corrected chi connectivity index (χ0v) is 22.9. The van der Waals surface area contributed by atoms with Crippen LogP contribution in [0.25, 0.3) is 5.57 Å². The smallest absolute Gasteiger partial charge is 0.228 e. The van der Waals surface area contributed by atoms with E-state index in [4.69, 9.17) is 0 Å². The zero-order chi connectivity index (χ0) is 26.5. The van der Waals surface area contributed by atoms with E-state index in [9.17, 15) is 13.2 Å². The molecule has 3 aliphatic carbocycles. The second kappa shape index (κ2) is 12.7. The maximum Gasteiger partial charge on any atom is 0.228 e. The standard InChI is InChI=1S/C34H43F3O/c1-2-3-23-4-6-24(7-5-23)25-8-10-26(11-9-25)27-12-14-28(15-13-27)29-16-18-30(19-17-29)31-20-32(36)34(38-22-35)33(37)21-31/h8-12,20-21,23-24,28-30H,2-7,13-19,22H2,1H3. The molecule has 0 aromatic heterocycles. The SMILES string of the molecule is CCCC1CCC(c2ccc(C3=CCC(C4CCC(c5cc(F)c(OCF)c(F)c5)CC4)CC3)cc2)CC1. The van der Waals surface area contributed by atoms with E-state index < -0.39 is 24.2 Å². The summed E-state index contributed by atoms with van der Waals surface area (Å²) < 4.78 is 45.3. The van der Waals surface area contributed by atoms with Crippen molar-refractivity contribution in [3.05, 3.63) is 70.8 Å². The number of ether oxygens (including phenoxy) is 1. The van der Waals surface area contributed by atoms with Crippen LogP contribution in [0.2, 0.25) is 0 Å². The summed E-state index contributed by atoms with van der Waals surface area (Å²) in [6.07, 6.45) is 18.2. The van der Waals surface area contributed by atoms with Gasteiger partial charge in [-0.1, -0.05) is 50.1 Å². The van der Waals surface area contributed by atoms with Crippen molar-refractivity contribution in [1.82, 2.24) is 0 Å². The molecule has 0 heterocycles. The molecular formula is C34H43F3O. The quantitative estimate of drug-likeness (QED) is 0.334. The third-order valence-electron chi connectivity index (χ3n) is 9.88. The van der Waals surface area contributed by atoms with Crippen molar-refractivity contribution in [2.24, 2.45) is 17.8 Å². The fraction of sp³-hybridized carbons (Fsp3) is 0.588. The van der Waals surface area contributed by atoms with Crippen LogP contribution in [0.1, 0.15) is 119 Å². The number of allylic oxidation sites excluding steroid dienone is 2. The minimum atomic E-state index is -1.23. The van der Waals surface area contributed by atoms with Gasteiger partial charge in [-0.3, -0.25) is 0 Å². The third-order valence-corrected chi connectivity index (χ3v) is 9.88. The van der Waals surface area contributed by atoms with E-state index in [1.165, 1.54) is 73.8 Å². The zero-order valence-electron chi connectivity index (χ0n) is 22.9. The van der Waals surface area contributed by atoms with Crippen molar-refractivity contribution < 1.29 is 17.9 Å². The van der Waals surface area contributed by atoms with Crippen LogP contribution in [0.4, 0.5) is 13.2 Å². The second-order valence-electron chi connectivity index (χ2n) is 12.1. The van der Waals surface area contributed by atoms with Crippen molar-refractivity contribution >= 4 is 5.57 Å². The molecule has 2 fully saturated rings. The van der Waals surface area contributed by atoms with E-state index in [1.54, 1.807) is 0 Å². The lowest BCUT2D eigenvalue weighted by Crippen LogP contribution is -2.22. The molecular weight excluding hydrogens is 481 g/mol. The summed E-state index contributed by atoms with van der Waals surface area (Å²) >= 11 is 0. The van der Waals surface area contributed by atoms with Crippen LogP contribution in [0, 0.1) is 29.4 Å². The first-order valence-electron chi connectivity index (χ1n) is 15.0. The van der Waals surface area contributed by atoms with Crippen LogP contribution >= 0.6 is 0 Å². The molecule has 0 amide bonds. The molecule has 0 radical (unpaired) electrons. The molecule has 206 valence electrons. The first-order valence-corrected chi connectivity index (χ1v) is 15.0. The lowest BCUT2D eigenvalue weighted by molar-refractivity contribution is 0.176. The molecule has 1 atom stereocenters. The largest absolute Gasteiger partial charge is 0.457 e. The number of alkyl halides is 1. The lowest BCUT2D eigenvalue weighted by atomic mass is 9.70. The van der Waals surface area contributed by atoms with Crippen molar-refractivity contribution in [1.29, 1.82) is 0 Å². The Hall–Kier alpha value is -2.23. The number of halogens is 3. The molecule has 4 heteroatoms. The van der Waals surface area contributed by atoms with E-state index in [-0.39, 0.29) is 5.92 Å². The van der Waals surface area contributed by atoms with Crippen LogP contribution < -0.4 is 4.74 Å². The molecule has 0 N–H and O–H groups in total. The highest BCUT2D eigenvalue weighted by molar-refractivity contribution is 5.66. The first-order chi connectivity index (χ1) is 18.6. The second-order valence-corrected chi connectivity index (χ2v) is 12.1. The van der Waals surface area contributed by atoms with Crippen LogP contribution in [0.15, 0.2) is 42.5 Å². The molecule has 2 aromatic carbocycles. The van der Waals surface area contributed by atoms with Crippen LogP contribution in [-0.2, 0) is 0 Å². The van der Waals surface area contributed by atoms with Crippen LogP contribution in [-0.4, -0.2) is 6.86 Å². The summed E-state index contributed by atoms with van der Waals surface area (Å²) in [6, 6.07) is 12.1. The van der Waals surface area contributed by atoms with Crippen LogP contribution in [0.3, 0.4) is 0 Å². The van der Waals surface area contributed by atoms with E-state index >= 15 is 0 Å². The van der Waals surface area contributed by atoms with Gasteiger partial charge in [0.15, 0.2) is 17.4 Å². The monoisotopic (exact) mass is 524 g/mol. The maximum atomic E-state index is 14.2. The number of benzene rings is 2. The Morgan fingerprint density at radius 3 is 1.97 bits per heavy atom. The van der Waals surface area contributed by atoms with Gasteiger partial charge in [0.2, 0.25) is 6.86 Å². The summed E-state index contributed by atoms with van der Waals surface area (Å²) in [5, 5.41) is 0. The van der Waals surface area contributed by atoms with Gasteiger partial charge < -0.3 is 4.74 Å². The Morgan fingerprint density at radius 1 is 0.763 bits per heavy atom. The van der Waals surface area contributed by atoms with Gasteiger partial charge in [0.05, 0.1) is 0 Å². The molecule has 2 saturated carbocycles. The maximum absolute atomic E-state index is 14.2. The molecule has 2 aromatic rings. The molecule has 1 nitrogen and oxygen atoms in total. The average molecular weight is 525 g/mol. The predicted molar refractivity (Wildman–Crippen MR) is 149 cm³/mol. The lowest BCUT2D eigenvalue weighted by Gasteiger charge is -2.36. The van der Waals surface area contributed by atoms with Crippen molar-refractivity contribution in [3.8, 4) is 5.75 Å². The van der Waals surface area contributed by atoms with Gasteiger partial charge in [0.25, 0.3) is 0 Å². The molecule has 38 heavy (non-hydrogen) atoms. The fourth-order valence-corrected chi connectivity index (χ4v) is 7.64. The molecule has 1 unspecified atom stereocenters. The highest BCUT2D eigenvalue weighted by Gasteiger charge is 2.30. The summed E-state index contributed by atoms with van der Waals surface area (Å²) in [4.78, 5) is 0. The van der Waals surface area contributed by atoms with Gasteiger partial charge in [0, 0.05) is 0 Å². The summed E-state index contributed by atoms with van der Waals surface area (Å²) in [5.74, 6) is 1.00. The average Bonchev–Trinajstić information content (AvgIpc) is 2.96. The number of hydrogen-bond donors (Lipinski definition) is 0. The number of rotatable bonds is 8. The fourth-order valence-electron chi connectivity index (χ4n) is 7.64. The van der Waals surface area contributed by atoms with Gasteiger partial charge in [-0.05, 0) is 135 Å². The normalized spacial score (nSPS) is 28.1. The van der Waals surface area contributed by atoms with Gasteiger partial charge in [-0.2, -0.15) is 0 Å². The molecule has 5 rings (SSSR count). The third kappa shape index (κ3) is 6.32. The number of hydrogen-bond acceptors (Lipinski definition) is 1. The van der Waals surface area contributed by atoms with Crippen molar-refractivity contribution in [2.45, 2.75) is 102 Å². The van der Waals surface area contributed by atoms with E-state index in [0.717, 1.165) is 50.4 Å². The molecule has 0 bridgehead atoms. The summed E-state index contributed by atoms with van der Waals surface area (Å²) in [5.41, 5.74) is 5.08. The minimum absolute atomic E-state index is 0.157. The van der Waals surface area contributed by atoms with Crippen LogP contribution in [0.5, 0.6) is 5.75 Å². The Bertz CT molecular complexity index is 1050. The predicted octanol–water partition coefficient (Wildman–Crippen LogP) is 10.5. The Morgan fingerprint density at radius 2 is 1.39 bits per heavy atom. The van der Waals surface area contributed by atoms with Gasteiger partial charge >= 0.3 is 0 Å². The molecule has 0 spiro atoms. The highest BCUT2D eigenvalue weighted by atomic mass is 19.1. The van der Waals surface area contributed by atoms with E-state index in [1.807, 2.05) is 0 Å². The van der Waals surface area contributed by atoms with Gasteiger partial charge in [-0.25, -0.2) is 13.2 Å². The van der Waals surface area contributed by atoms with Gasteiger partial charge in [-0.15, -0.1) is 0 Å². The van der Waals surface area contributed by atoms with Gasteiger partial charge in [0.1, 0.15) is 0 Å². The Balaban J connectivity index is 1.12. The molecule has 3 aliphatic rings. The minimum Gasteiger partial charge on any atom is -0.457 e. The van der Waals surface area contributed by atoms with E-state index in [2.05, 4.69) is 42.0 Å². The van der Waals surface area contributed by atoms with E-state index in [0.29, 0.717) is 17.4 Å². The van der Waals surface area contributed by atoms with Crippen molar-refractivity contribution in [2.75, 3.05) is 6.86 Å². The topological polar surface area (TPSA) is 9.23 Å². The Kier molecular flexibility index (Phi) is 9.17. The first kappa shape index (κ1) is 27.3. The summed E-state index contributed by atoms with van der Waals surface area (Å²) in [6.45, 7) is 1.07. The molecule has 0 aliphatic heterocycles. The van der Waals surface area contributed by atoms with Crippen molar-refractivity contribution in [3.63, 3.8) is 0 Å².